The van der Waals surface area contributed by atoms with Crippen molar-refractivity contribution in [3.05, 3.63) is 82.7 Å². The molecule has 1 saturated heterocycles. The lowest BCUT2D eigenvalue weighted by molar-refractivity contribution is -0.141. The van der Waals surface area contributed by atoms with E-state index < -0.39 is 5.97 Å². The maximum Gasteiger partial charge on any atom is 0.307 e. The number of carboxylic acid groups (broad SMARTS) is 1. The van der Waals surface area contributed by atoms with Crippen LogP contribution < -0.4 is 0 Å². The summed E-state index contributed by atoms with van der Waals surface area (Å²) < 4.78 is 0. The first-order valence-corrected chi connectivity index (χ1v) is 12.0. The first-order chi connectivity index (χ1) is 16.9. The quantitative estimate of drug-likeness (QED) is 0.353. The number of hydrogen-bond donors (Lipinski definition) is 1. The second-order valence-corrected chi connectivity index (χ2v) is 9.13. The Balaban J connectivity index is 1.38. The molecule has 2 heterocycles. The van der Waals surface area contributed by atoms with E-state index in [1.54, 1.807) is 12.4 Å². The second kappa shape index (κ2) is 11.2. The van der Waals surface area contributed by atoms with Crippen LogP contribution in [0.3, 0.4) is 0 Å². The molecule has 0 spiro atoms. The van der Waals surface area contributed by atoms with Crippen molar-refractivity contribution >= 4 is 11.7 Å². The molecule has 7 heteroatoms. The third-order valence-electron chi connectivity index (χ3n) is 6.64. The molecular weight excluding hydrogens is 440 g/mol. The lowest BCUT2D eigenvalue weighted by Crippen LogP contribution is -2.23. The molecule has 0 radical (unpaired) electrons. The number of oxime groups is 1. The number of carboxylic acids is 1. The number of likely N-dealkylation sites (tertiary alicyclic amines) is 1. The smallest absolute Gasteiger partial charge is 0.307 e. The van der Waals surface area contributed by atoms with E-state index in [0.717, 1.165) is 59.5 Å². The van der Waals surface area contributed by atoms with Gasteiger partial charge in [-0.05, 0) is 78.7 Å². The minimum absolute atomic E-state index is 0.251. The van der Waals surface area contributed by atoms with Crippen LogP contribution in [0, 0.1) is 12.8 Å². The van der Waals surface area contributed by atoms with Gasteiger partial charge in [-0.25, -0.2) is 0 Å². The van der Waals surface area contributed by atoms with Gasteiger partial charge in [0.05, 0.1) is 24.0 Å². The van der Waals surface area contributed by atoms with E-state index in [9.17, 15) is 9.90 Å². The summed E-state index contributed by atoms with van der Waals surface area (Å²) in [7, 11) is 0. The topological polar surface area (TPSA) is 87.9 Å². The summed E-state index contributed by atoms with van der Waals surface area (Å²) in [5, 5.41) is 21.4. The Bertz CT molecular complexity index is 1210. The summed E-state index contributed by atoms with van der Waals surface area (Å²) in [5.74, 6) is -0.943. The van der Waals surface area contributed by atoms with Crippen molar-refractivity contribution in [2.24, 2.45) is 11.1 Å². The largest absolute Gasteiger partial charge is 0.481 e. The van der Waals surface area contributed by atoms with Crippen LogP contribution in [0.2, 0.25) is 0 Å². The summed E-state index contributed by atoms with van der Waals surface area (Å²) in [5.41, 5.74) is 8.74. The van der Waals surface area contributed by atoms with Crippen LogP contribution in [-0.2, 0) is 29.2 Å². The van der Waals surface area contributed by atoms with Crippen molar-refractivity contribution in [1.29, 1.82) is 0 Å². The third-order valence-corrected chi connectivity index (χ3v) is 6.64. The van der Waals surface area contributed by atoms with E-state index in [1.165, 1.54) is 11.1 Å². The number of nitrogens with zero attached hydrogens (tertiary/aromatic N) is 4. The molecule has 0 saturated carbocycles. The van der Waals surface area contributed by atoms with Gasteiger partial charge < -0.3 is 9.94 Å². The fourth-order valence-corrected chi connectivity index (χ4v) is 4.60. The van der Waals surface area contributed by atoms with Crippen LogP contribution in [0.25, 0.3) is 11.1 Å². The molecular formula is C28H32N4O3. The fourth-order valence-electron chi connectivity index (χ4n) is 4.60. The zero-order valence-corrected chi connectivity index (χ0v) is 20.6. The highest BCUT2D eigenvalue weighted by Gasteiger charge is 2.28. The van der Waals surface area contributed by atoms with Crippen LogP contribution >= 0.6 is 0 Å². The van der Waals surface area contributed by atoms with Gasteiger partial charge in [-0.2, -0.15) is 10.2 Å². The summed E-state index contributed by atoms with van der Waals surface area (Å²) in [6.07, 6.45) is 5.09. The molecule has 1 fully saturated rings. The molecule has 182 valence electrons. The van der Waals surface area contributed by atoms with Crippen molar-refractivity contribution in [1.82, 2.24) is 15.1 Å². The van der Waals surface area contributed by atoms with E-state index in [0.29, 0.717) is 13.2 Å². The second-order valence-electron chi connectivity index (χ2n) is 9.13. The Morgan fingerprint density at radius 2 is 2.03 bits per heavy atom. The van der Waals surface area contributed by atoms with Crippen molar-refractivity contribution in [2.45, 2.75) is 46.8 Å². The van der Waals surface area contributed by atoms with Gasteiger partial charge in [-0.1, -0.05) is 42.4 Å². The van der Waals surface area contributed by atoms with Crippen LogP contribution in [-0.4, -0.2) is 45.0 Å². The zero-order valence-electron chi connectivity index (χ0n) is 20.6. The van der Waals surface area contributed by atoms with E-state index >= 15 is 0 Å². The molecule has 1 aliphatic heterocycles. The summed E-state index contributed by atoms with van der Waals surface area (Å²) >= 11 is 0. The zero-order chi connectivity index (χ0) is 24.8. The van der Waals surface area contributed by atoms with Gasteiger partial charge in [0.25, 0.3) is 0 Å². The van der Waals surface area contributed by atoms with Gasteiger partial charge in [0.1, 0.15) is 6.61 Å². The van der Waals surface area contributed by atoms with Crippen molar-refractivity contribution < 1.29 is 14.7 Å². The number of aryl methyl sites for hydroxylation is 2. The van der Waals surface area contributed by atoms with Crippen LogP contribution in [0.5, 0.6) is 0 Å². The Hall–Kier alpha value is -3.58. The van der Waals surface area contributed by atoms with Crippen molar-refractivity contribution in [2.75, 3.05) is 13.1 Å². The minimum Gasteiger partial charge on any atom is -0.481 e. The molecule has 1 aromatic heterocycles. The number of rotatable bonds is 9. The molecule has 4 rings (SSSR count). The Morgan fingerprint density at radius 3 is 2.71 bits per heavy atom. The molecule has 2 aromatic carbocycles. The number of aliphatic carboxylic acids is 1. The minimum atomic E-state index is -0.692. The van der Waals surface area contributed by atoms with Crippen molar-refractivity contribution in [3.63, 3.8) is 0 Å². The summed E-state index contributed by atoms with van der Waals surface area (Å²) in [4.78, 5) is 19.2. The molecule has 1 atom stereocenters. The lowest BCUT2D eigenvalue weighted by Gasteiger charge is -2.18. The Morgan fingerprint density at radius 1 is 1.17 bits per heavy atom. The molecule has 1 aliphatic rings. The normalized spacial score (nSPS) is 16.4. The van der Waals surface area contributed by atoms with E-state index in [2.05, 4.69) is 64.4 Å². The molecule has 3 aromatic rings. The fraction of sp³-hybridized carbons (Fsp3) is 0.357. The maximum absolute atomic E-state index is 11.3. The van der Waals surface area contributed by atoms with Gasteiger partial charge >= 0.3 is 5.97 Å². The van der Waals surface area contributed by atoms with E-state index in [-0.39, 0.29) is 5.92 Å². The van der Waals surface area contributed by atoms with E-state index in [1.807, 2.05) is 19.1 Å². The average molecular weight is 473 g/mol. The van der Waals surface area contributed by atoms with Crippen LogP contribution in [0.4, 0.5) is 0 Å². The van der Waals surface area contributed by atoms with Gasteiger partial charge in [0.15, 0.2) is 0 Å². The standard InChI is InChI=1S/C28H32N4O3/c1-4-22-14-23(6-7-25(22)16-32-12-10-26(17-32)28(33)34)20(3)31-35-18-21-5-8-27(19(2)13-21)24-9-11-29-30-15-24/h5-9,11,13-15,26H,4,10,12,16-18H2,1-3H3,(H,33,34)/b31-20+/t26-/m0/s1. The summed E-state index contributed by atoms with van der Waals surface area (Å²) in [6, 6.07) is 14.6. The van der Waals surface area contributed by atoms with Gasteiger partial charge in [0, 0.05) is 18.7 Å². The molecule has 0 bridgehead atoms. The SMILES string of the molecule is CCc1cc(/C(C)=N/OCc2ccc(-c3ccnnc3)c(C)c2)ccc1CN1CC[C@H](C(=O)O)C1. The van der Waals surface area contributed by atoms with Gasteiger partial charge in [0.2, 0.25) is 0 Å². The maximum atomic E-state index is 11.3. The molecule has 0 unspecified atom stereocenters. The van der Waals surface area contributed by atoms with Gasteiger partial charge in [-0.3, -0.25) is 9.69 Å². The highest BCUT2D eigenvalue weighted by Crippen LogP contribution is 2.24. The third kappa shape index (κ3) is 6.11. The van der Waals surface area contributed by atoms with Crippen LogP contribution in [0.1, 0.15) is 48.1 Å². The highest BCUT2D eigenvalue weighted by molar-refractivity contribution is 5.98. The van der Waals surface area contributed by atoms with Crippen molar-refractivity contribution in [3.8, 4) is 11.1 Å². The predicted molar refractivity (Wildman–Crippen MR) is 136 cm³/mol. The molecule has 1 N–H and O–H groups in total. The van der Waals surface area contributed by atoms with Crippen LogP contribution in [0.15, 0.2) is 60.0 Å². The number of hydrogen-bond acceptors (Lipinski definition) is 6. The highest BCUT2D eigenvalue weighted by atomic mass is 16.6. The number of carbonyl (C=O) groups is 1. The number of aromatic nitrogens is 2. The Kier molecular flexibility index (Phi) is 7.87. The Labute approximate surface area is 206 Å². The first kappa shape index (κ1) is 24.5. The van der Waals surface area contributed by atoms with Gasteiger partial charge in [-0.15, -0.1) is 0 Å². The molecule has 0 amide bonds. The summed E-state index contributed by atoms with van der Waals surface area (Å²) in [6.45, 7) is 8.80. The molecule has 35 heavy (non-hydrogen) atoms. The molecule has 7 nitrogen and oxygen atoms in total. The van der Waals surface area contributed by atoms with E-state index in [4.69, 9.17) is 4.84 Å². The molecule has 0 aliphatic carbocycles. The predicted octanol–water partition coefficient (Wildman–Crippen LogP) is 4.86. The number of benzene rings is 2. The monoisotopic (exact) mass is 472 g/mol. The average Bonchev–Trinajstić information content (AvgIpc) is 3.34. The lowest BCUT2D eigenvalue weighted by atomic mass is 9.99. The first-order valence-electron chi connectivity index (χ1n) is 12.0.